The average Bonchev–Trinajstić information content (AvgIpc) is 2.85. The molecule has 1 N–H and O–H groups in total. The number of rotatable bonds is 3. The molecule has 1 aliphatic rings. The molecule has 0 atom stereocenters. The summed E-state index contributed by atoms with van der Waals surface area (Å²) in [6.45, 7) is 10.2. The highest BCUT2D eigenvalue weighted by Crippen LogP contribution is 2.34. The van der Waals surface area contributed by atoms with Gasteiger partial charge in [0, 0.05) is 10.8 Å². The van der Waals surface area contributed by atoms with Crippen LogP contribution < -0.4 is 5.32 Å². The smallest absolute Gasteiger partial charge is 0.311 e. The van der Waals surface area contributed by atoms with E-state index < -0.39 is 5.41 Å². The van der Waals surface area contributed by atoms with Gasteiger partial charge in [0.2, 0.25) is 0 Å². The maximum Gasteiger partial charge on any atom is 0.311 e. The van der Waals surface area contributed by atoms with Crippen molar-refractivity contribution in [3.8, 4) is 0 Å². The number of nitrogens with one attached hydrogen (secondary N) is 1. The van der Waals surface area contributed by atoms with Crippen molar-refractivity contribution in [3.63, 3.8) is 0 Å². The van der Waals surface area contributed by atoms with Crippen LogP contribution in [0.25, 0.3) is 0 Å². The molecule has 1 fully saturated rings. The SMILES string of the molecule is CC(C)(C)C(=O)OCc1csc(C2(C)CCNCC2)n1. The fraction of sp³-hybridized carbons (Fsp3) is 0.733. The molecule has 112 valence electrons. The van der Waals surface area contributed by atoms with E-state index in [0.29, 0.717) is 0 Å². The molecule has 0 aliphatic carbocycles. The van der Waals surface area contributed by atoms with E-state index in [-0.39, 0.29) is 18.0 Å². The number of thiazole rings is 1. The fourth-order valence-electron chi connectivity index (χ4n) is 2.20. The quantitative estimate of drug-likeness (QED) is 0.871. The number of ether oxygens (including phenoxy) is 1. The summed E-state index contributed by atoms with van der Waals surface area (Å²) in [4.78, 5) is 16.4. The maximum atomic E-state index is 11.8. The number of hydrogen-bond donors (Lipinski definition) is 1. The number of esters is 1. The lowest BCUT2D eigenvalue weighted by Gasteiger charge is -2.31. The van der Waals surface area contributed by atoms with Gasteiger partial charge in [0.05, 0.1) is 16.1 Å². The molecule has 2 heterocycles. The van der Waals surface area contributed by atoms with Gasteiger partial charge in [-0.15, -0.1) is 11.3 Å². The van der Waals surface area contributed by atoms with Gasteiger partial charge in [-0.3, -0.25) is 4.79 Å². The number of carbonyl (C=O) groups is 1. The van der Waals surface area contributed by atoms with Crippen molar-refractivity contribution in [2.24, 2.45) is 5.41 Å². The third-order valence-corrected chi connectivity index (χ3v) is 4.94. The van der Waals surface area contributed by atoms with Crippen molar-refractivity contribution >= 4 is 17.3 Å². The Labute approximate surface area is 124 Å². The lowest BCUT2D eigenvalue weighted by molar-refractivity contribution is -0.154. The maximum absolute atomic E-state index is 11.8. The molecule has 2 rings (SSSR count). The zero-order chi connectivity index (χ0) is 14.8. The van der Waals surface area contributed by atoms with Crippen LogP contribution in [0, 0.1) is 5.41 Å². The Morgan fingerprint density at radius 1 is 1.45 bits per heavy atom. The van der Waals surface area contributed by atoms with Crippen LogP contribution in [0.15, 0.2) is 5.38 Å². The second-order valence-electron chi connectivity index (χ2n) is 6.78. The van der Waals surface area contributed by atoms with Crippen molar-refractivity contribution < 1.29 is 9.53 Å². The minimum Gasteiger partial charge on any atom is -0.459 e. The van der Waals surface area contributed by atoms with Crippen molar-refractivity contribution in [1.82, 2.24) is 10.3 Å². The first kappa shape index (κ1) is 15.4. The van der Waals surface area contributed by atoms with Gasteiger partial charge in [0.1, 0.15) is 6.61 Å². The average molecular weight is 296 g/mol. The standard InChI is InChI=1S/C15H24N2O2S/c1-14(2,3)13(18)19-9-11-10-20-12(17-11)15(4)5-7-16-8-6-15/h10,16H,5-9H2,1-4H3. The highest BCUT2D eigenvalue weighted by molar-refractivity contribution is 7.09. The first-order chi connectivity index (χ1) is 9.31. The number of piperidine rings is 1. The van der Waals surface area contributed by atoms with Crippen molar-refractivity contribution in [2.75, 3.05) is 13.1 Å². The second-order valence-corrected chi connectivity index (χ2v) is 7.64. The van der Waals surface area contributed by atoms with Gasteiger partial charge in [-0.25, -0.2) is 4.98 Å². The Kier molecular flexibility index (Phi) is 4.49. The van der Waals surface area contributed by atoms with Gasteiger partial charge in [0.25, 0.3) is 0 Å². The summed E-state index contributed by atoms with van der Waals surface area (Å²) in [5, 5.41) is 6.56. The summed E-state index contributed by atoms with van der Waals surface area (Å²) in [5.74, 6) is -0.180. The van der Waals surface area contributed by atoms with E-state index in [2.05, 4.69) is 17.2 Å². The Balaban J connectivity index is 1.97. The lowest BCUT2D eigenvalue weighted by atomic mass is 9.82. The van der Waals surface area contributed by atoms with Crippen LogP contribution in [0.4, 0.5) is 0 Å². The molecule has 0 unspecified atom stereocenters. The Bertz CT molecular complexity index is 470. The Morgan fingerprint density at radius 2 is 2.10 bits per heavy atom. The molecule has 20 heavy (non-hydrogen) atoms. The molecule has 0 aromatic carbocycles. The van der Waals surface area contributed by atoms with Gasteiger partial charge >= 0.3 is 5.97 Å². The topological polar surface area (TPSA) is 51.2 Å². The van der Waals surface area contributed by atoms with Gasteiger partial charge in [0.15, 0.2) is 0 Å². The second kappa shape index (κ2) is 5.82. The number of aromatic nitrogens is 1. The van der Waals surface area contributed by atoms with Crippen LogP contribution in [0.2, 0.25) is 0 Å². The first-order valence-electron chi connectivity index (χ1n) is 7.14. The minimum absolute atomic E-state index is 0.169. The molecule has 0 bridgehead atoms. The van der Waals surface area contributed by atoms with Crippen LogP contribution in [0.3, 0.4) is 0 Å². The Hall–Kier alpha value is -0.940. The first-order valence-corrected chi connectivity index (χ1v) is 8.02. The highest BCUT2D eigenvalue weighted by atomic mass is 32.1. The summed E-state index contributed by atoms with van der Waals surface area (Å²) in [6, 6.07) is 0. The van der Waals surface area contributed by atoms with E-state index in [1.54, 1.807) is 11.3 Å². The zero-order valence-corrected chi connectivity index (χ0v) is 13.6. The summed E-state index contributed by atoms with van der Waals surface area (Å²) in [5.41, 5.74) is 0.574. The summed E-state index contributed by atoms with van der Waals surface area (Å²) in [6.07, 6.45) is 2.23. The van der Waals surface area contributed by atoms with Crippen LogP contribution in [0.1, 0.15) is 51.2 Å². The van der Waals surface area contributed by atoms with Crippen molar-refractivity contribution in [1.29, 1.82) is 0 Å². The molecule has 0 radical (unpaired) electrons. The lowest BCUT2D eigenvalue weighted by Crippen LogP contribution is -2.37. The zero-order valence-electron chi connectivity index (χ0n) is 12.8. The van der Waals surface area contributed by atoms with Crippen LogP contribution >= 0.6 is 11.3 Å². The molecule has 0 saturated carbocycles. The predicted octanol–water partition coefficient (Wildman–Crippen LogP) is 2.87. The molecule has 1 aromatic rings. The largest absolute Gasteiger partial charge is 0.459 e. The summed E-state index contributed by atoms with van der Waals surface area (Å²) >= 11 is 1.68. The van der Waals surface area contributed by atoms with Gasteiger partial charge in [-0.05, 0) is 46.7 Å². The fourth-order valence-corrected chi connectivity index (χ4v) is 3.23. The normalized spacial score (nSPS) is 18.8. The van der Waals surface area contributed by atoms with Gasteiger partial charge in [-0.1, -0.05) is 6.92 Å². The third-order valence-electron chi connectivity index (χ3n) is 3.74. The van der Waals surface area contributed by atoms with E-state index in [1.807, 2.05) is 26.2 Å². The Morgan fingerprint density at radius 3 is 2.70 bits per heavy atom. The van der Waals surface area contributed by atoms with Crippen LogP contribution in [-0.2, 0) is 21.6 Å². The van der Waals surface area contributed by atoms with E-state index in [9.17, 15) is 4.79 Å². The number of nitrogens with zero attached hydrogens (tertiary/aromatic N) is 1. The minimum atomic E-state index is -0.458. The third kappa shape index (κ3) is 3.58. The van der Waals surface area contributed by atoms with Gasteiger partial charge < -0.3 is 10.1 Å². The predicted molar refractivity (Wildman–Crippen MR) is 80.8 cm³/mol. The molecular formula is C15H24N2O2S. The van der Waals surface area contributed by atoms with E-state index in [0.717, 1.165) is 31.6 Å². The number of carbonyl (C=O) groups excluding carboxylic acids is 1. The summed E-state index contributed by atoms with van der Waals surface area (Å²) in [7, 11) is 0. The molecule has 0 amide bonds. The monoisotopic (exact) mass is 296 g/mol. The van der Waals surface area contributed by atoms with Crippen LogP contribution in [-0.4, -0.2) is 24.0 Å². The van der Waals surface area contributed by atoms with Crippen molar-refractivity contribution in [3.05, 3.63) is 16.1 Å². The van der Waals surface area contributed by atoms with E-state index in [1.165, 1.54) is 5.01 Å². The van der Waals surface area contributed by atoms with Crippen molar-refractivity contribution in [2.45, 2.75) is 52.6 Å². The molecule has 1 aliphatic heterocycles. The molecule has 4 nitrogen and oxygen atoms in total. The molecular weight excluding hydrogens is 272 g/mol. The summed E-state index contributed by atoms with van der Waals surface area (Å²) < 4.78 is 5.32. The molecule has 1 aromatic heterocycles. The van der Waals surface area contributed by atoms with Crippen LogP contribution in [0.5, 0.6) is 0 Å². The van der Waals surface area contributed by atoms with E-state index >= 15 is 0 Å². The molecule has 5 heteroatoms. The number of hydrogen-bond acceptors (Lipinski definition) is 5. The van der Waals surface area contributed by atoms with Gasteiger partial charge in [-0.2, -0.15) is 0 Å². The van der Waals surface area contributed by atoms with E-state index in [4.69, 9.17) is 4.74 Å². The highest BCUT2D eigenvalue weighted by Gasteiger charge is 2.31. The molecule has 1 saturated heterocycles. The molecule has 0 spiro atoms.